The zero-order valence-electron chi connectivity index (χ0n) is 24.8. The summed E-state index contributed by atoms with van der Waals surface area (Å²) in [4.78, 5) is 29.2. The summed E-state index contributed by atoms with van der Waals surface area (Å²) in [6.07, 6.45) is 0. The van der Waals surface area contributed by atoms with Crippen molar-refractivity contribution < 1.29 is 29.3 Å². The van der Waals surface area contributed by atoms with Crippen molar-refractivity contribution in [2.45, 2.75) is 0 Å². The third-order valence-corrected chi connectivity index (χ3v) is 7.97. The van der Waals surface area contributed by atoms with Crippen LogP contribution >= 0.6 is 0 Å². The molecular weight excluding hydrogens is 588 g/mol. The molecule has 0 unspecified atom stereocenters. The highest BCUT2D eigenvalue weighted by Crippen LogP contribution is 2.32. The molecule has 0 radical (unpaired) electrons. The van der Waals surface area contributed by atoms with E-state index in [2.05, 4.69) is 9.80 Å². The Morgan fingerprint density at radius 2 is 0.826 bits per heavy atom. The van der Waals surface area contributed by atoms with Crippen molar-refractivity contribution >= 4 is 21.9 Å². The third kappa shape index (κ3) is 6.44. The fraction of sp³-hybridized carbons (Fsp3) is 0.167. The lowest BCUT2D eigenvalue weighted by Crippen LogP contribution is -2.55. The maximum atomic E-state index is 12.1. The van der Waals surface area contributed by atoms with Crippen molar-refractivity contribution in [3.8, 4) is 45.6 Å². The van der Waals surface area contributed by atoms with Crippen molar-refractivity contribution in [1.82, 2.24) is 9.80 Å². The highest BCUT2D eigenvalue weighted by Gasteiger charge is 2.22. The van der Waals surface area contributed by atoms with Crippen LogP contribution in [-0.2, 0) is 0 Å². The van der Waals surface area contributed by atoms with E-state index in [0.29, 0.717) is 22.3 Å². The second-order valence-electron chi connectivity index (χ2n) is 11.0. The summed E-state index contributed by atoms with van der Waals surface area (Å²) >= 11 is 0. The van der Waals surface area contributed by atoms with E-state index >= 15 is 0 Å². The minimum atomic E-state index is -0.559. The average Bonchev–Trinajstić information content (AvgIpc) is 3.10. The molecule has 234 valence electrons. The van der Waals surface area contributed by atoms with Crippen LogP contribution < -0.4 is 10.9 Å². The molecule has 0 atom stereocenters. The van der Waals surface area contributed by atoms with Crippen LogP contribution in [0.3, 0.4) is 0 Å². The van der Waals surface area contributed by atoms with Gasteiger partial charge in [0.25, 0.3) is 0 Å². The molecule has 9 rings (SSSR count). The van der Waals surface area contributed by atoms with Crippen molar-refractivity contribution in [3.05, 3.63) is 118 Å². The molecule has 10 nitrogen and oxygen atoms in total. The summed E-state index contributed by atoms with van der Waals surface area (Å²) in [5, 5.41) is 38.9. The van der Waals surface area contributed by atoms with E-state index in [-0.39, 0.29) is 33.8 Å². The predicted octanol–water partition coefficient (Wildman–Crippen LogP) is 5.36. The molecule has 5 heterocycles. The summed E-state index contributed by atoms with van der Waals surface area (Å²) in [6, 6.07) is 26.2. The molecule has 0 aliphatic carbocycles. The molecule has 4 aromatic carbocycles. The van der Waals surface area contributed by atoms with Gasteiger partial charge in [-0.1, -0.05) is 60.7 Å². The van der Waals surface area contributed by atoms with Gasteiger partial charge in [0.15, 0.2) is 11.5 Å². The first-order valence-electron chi connectivity index (χ1n) is 14.8. The minimum Gasteiger partial charge on any atom is -0.508 e. The summed E-state index contributed by atoms with van der Waals surface area (Å²) in [5.74, 6) is -0.750. The fourth-order valence-electron chi connectivity index (χ4n) is 5.44. The van der Waals surface area contributed by atoms with Gasteiger partial charge < -0.3 is 29.3 Å². The smallest absolute Gasteiger partial charge is 0.235 e. The topological polar surface area (TPSA) is 148 Å². The number of nitrogens with zero attached hydrogens (tertiary/aromatic N) is 2. The fourth-order valence-corrected chi connectivity index (χ4v) is 5.44. The van der Waals surface area contributed by atoms with E-state index in [0.717, 1.165) is 0 Å². The van der Waals surface area contributed by atoms with Crippen LogP contribution in [0.5, 0.6) is 23.0 Å². The first-order valence-corrected chi connectivity index (χ1v) is 14.8. The SMILES string of the molecule is C1CN2CCN1CC2.O=c1c(O)c(-c2ccccc2)oc2ccc(O)cc12.O=c1c(O)c(-c2ccccc2)oc2ccc(O)cc12. The van der Waals surface area contributed by atoms with Crippen LogP contribution in [0, 0.1) is 0 Å². The van der Waals surface area contributed by atoms with Gasteiger partial charge in [-0.05, 0) is 36.4 Å². The van der Waals surface area contributed by atoms with Gasteiger partial charge in [0.2, 0.25) is 22.4 Å². The first-order chi connectivity index (χ1) is 22.3. The molecule has 0 spiro atoms. The molecule has 0 saturated carbocycles. The van der Waals surface area contributed by atoms with Crippen LogP contribution in [-0.4, -0.2) is 69.5 Å². The van der Waals surface area contributed by atoms with Crippen molar-refractivity contribution in [2.24, 2.45) is 0 Å². The van der Waals surface area contributed by atoms with Crippen molar-refractivity contribution in [2.75, 3.05) is 39.3 Å². The molecule has 0 amide bonds. The zero-order valence-corrected chi connectivity index (χ0v) is 24.8. The number of phenols is 2. The Kier molecular flexibility index (Phi) is 8.73. The normalized spacial score (nSPS) is 16.7. The lowest BCUT2D eigenvalue weighted by atomic mass is 10.1. The zero-order chi connectivity index (χ0) is 32.2. The molecule has 3 aliphatic heterocycles. The van der Waals surface area contributed by atoms with E-state index in [9.17, 15) is 30.0 Å². The summed E-state index contributed by atoms with van der Waals surface area (Å²) in [5.41, 5.74) is 0.755. The van der Waals surface area contributed by atoms with Crippen LogP contribution in [0.25, 0.3) is 44.6 Å². The van der Waals surface area contributed by atoms with Crippen molar-refractivity contribution in [1.29, 1.82) is 0 Å². The second kappa shape index (κ2) is 13.2. The maximum Gasteiger partial charge on any atom is 0.235 e. The van der Waals surface area contributed by atoms with E-state index in [1.165, 1.54) is 75.7 Å². The van der Waals surface area contributed by atoms with Crippen molar-refractivity contribution in [3.63, 3.8) is 0 Å². The summed E-state index contributed by atoms with van der Waals surface area (Å²) < 4.78 is 11.1. The van der Waals surface area contributed by atoms with E-state index in [1.807, 2.05) is 12.1 Å². The van der Waals surface area contributed by atoms with Crippen LogP contribution in [0.15, 0.2) is 115 Å². The minimum absolute atomic E-state index is 0.0494. The number of fused-ring (bicyclic) bond motifs is 5. The van der Waals surface area contributed by atoms with Gasteiger partial charge in [-0.15, -0.1) is 0 Å². The highest BCUT2D eigenvalue weighted by molar-refractivity contribution is 5.84. The Bertz CT molecular complexity index is 1940. The highest BCUT2D eigenvalue weighted by atomic mass is 16.4. The Morgan fingerprint density at radius 3 is 1.15 bits per heavy atom. The van der Waals surface area contributed by atoms with Gasteiger partial charge in [0.1, 0.15) is 22.7 Å². The molecule has 2 aromatic heterocycles. The molecule has 3 aliphatic rings. The first kappa shape index (κ1) is 30.4. The largest absolute Gasteiger partial charge is 0.508 e. The molecule has 46 heavy (non-hydrogen) atoms. The number of hydrogen-bond acceptors (Lipinski definition) is 10. The second-order valence-corrected chi connectivity index (χ2v) is 11.0. The lowest BCUT2D eigenvalue weighted by molar-refractivity contribution is 0.0647. The van der Waals surface area contributed by atoms with Crippen LogP contribution in [0.1, 0.15) is 0 Å². The van der Waals surface area contributed by atoms with E-state index < -0.39 is 22.4 Å². The Morgan fingerprint density at radius 1 is 0.478 bits per heavy atom. The van der Waals surface area contributed by atoms with E-state index in [4.69, 9.17) is 8.83 Å². The monoisotopic (exact) mass is 620 g/mol. The summed E-state index contributed by atoms with van der Waals surface area (Å²) in [7, 11) is 0. The quantitative estimate of drug-likeness (QED) is 0.199. The molecule has 2 bridgehead atoms. The number of phenolic OH excluding ortho intramolecular Hbond substituents is 2. The van der Waals surface area contributed by atoms with Crippen LogP contribution in [0.4, 0.5) is 0 Å². The summed E-state index contributed by atoms with van der Waals surface area (Å²) in [6.45, 7) is 7.92. The number of benzene rings is 4. The molecule has 10 heteroatoms. The number of rotatable bonds is 2. The average molecular weight is 621 g/mol. The van der Waals surface area contributed by atoms with Gasteiger partial charge in [-0.2, -0.15) is 0 Å². The van der Waals surface area contributed by atoms with Gasteiger partial charge >= 0.3 is 0 Å². The lowest BCUT2D eigenvalue weighted by Gasteiger charge is -2.41. The Hall–Kier alpha value is -5.58. The Balaban J connectivity index is 0.000000131. The van der Waals surface area contributed by atoms with Gasteiger partial charge in [-0.3, -0.25) is 19.4 Å². The van der Waals surface area contributed by atoms with Gasteiger partial charge in [0.05, 0.1) is 10.8 Å². The maximum absolute atomic E-state index is 12.1. The number of aromatic hydroxyl groups is 4. The van der Waals surface area contributed by atoms with Gasteiger partial charge in [-0.25, -0.2) is 0 Å². The molecule has 6 aromatic rings. The molecular formula is C36H32N2O8. The number of hydrogen-bond donors (Lipinski definition) is 4. The number of piperazine rings is 3. The molecule has 4 N–H and O–H groups in total. The molecule has 3 fully saturated rings. The third-order valence-electron chi connectivity index (χ3n) is 7.97. The predicted molar refractivity (Wildman–Crippen MR) is 175 cm³/mol. The van der Waals surface area contributed by atoms with Gasteiger partial charge in [0, 0.05) is 50.4 Å². The van der Waals surface area contributed by atoms with Crippen LogP contribution in [0.2, 0.25) is 0 Å². The standard InChI is InChI=1S/2C15H10O4.C6H12N2/c2*16-10-6-7-12-11(8-10)13(17)14(18)15(19-12)9-4-2-1-3-5-9;1-2-8-5-3-7(1)4-6-8/h2*1-8,16,18H;1-6H2. The Labute approximate surface area is 263 Å². The van der Waals surface area contributed by atoms with E-state index in [1.54, 1.807) is 48.5 Å². The molecule has 3 saturated heterocycles.